The number of nitrogens with zero attached hydrogens (tertiary/aromatic N) is 3. The monoisotopic (exact) mass is 469 g/mol. The zero-order chi connectivity index (χ0) is 22.6. The summed E-state index contributed by atoms with van der Waals surface area (Å²) in [5, 5.41) is 0. The van der Waals surface area contributed by atoms with Gasteiger partial charge in [-0.2, -0.15) is 4.31 Å². The molecule has 1 saturated heterocycles. The molecule has 1 atom stereocenters. The first kappa shape index (κ1) is 22.6. The molecule has 32 heavy (non-hydrogen) atoms. The number of thiophene rings is 1. The predicted octanol–water partition coefficient (Wildman–Crippen LogP) is 4.11. The summed E-state index contributed by atoms with van der Waals surface area (Å²) in [4.78, 5) is 20.1. The van der Waals surface area contributed by atoms with Crippen LogP contribution in [-0.2, 0) is 21.2 Å². The average molecular weight is 470 g/mol. The molecule has 2 aromatic heterocycles. The van der Waals surface area contributed by atoms with Crippen molar-refractivity contribution in [2.24, 2.45) is 0 Å². The Kier molecular flexibility index (Phi) is 7.03. The normalized spacial score (nSPS) is 15.9. The van der Waals surface area contributed by atoms with Crippen molar-refractivity contribution >= 4 is 27.3 Å². The van der Waals surface area contributed by atoms with Gasteiger partial charge in [0.05, 0.1) is 18.2 Å². The van der Waals surface area contributed by atoms with E-state index in [1.54, 1.807) is 34.6 Å². The van der Waals surface area contributed by atoms with Gasteiger partial charge in [0, 0.05) is 31.2 Å². The third-order valence-electron chi connectivity index (χ3n) is 5.74. The van der Waals surface area contributed by atoms with Gasteiger partial charge in [0.1, 0.15) is 4.21 Å². The van der Waals surface area contributed by atoms with E-state index >= 15 is 0 Å². The van der Waals surface area contributed by atoms with Crippen LogP contribution >= 0.6 is 11.3 Å². The Balaban J connectivity index is 1.53. The molecule has 3 aromatic rings. The van der Waals surface area contributed by atoms with Crippen LogP contribution < -0.4 is 0 Å². The number of sulfonamides is 1. The molecule has 0 radical (unpaired) electrons. The number of carbonyl (C=O) groups is 1. The van der Waals surface area contributed by atoms with Gasteiger partial charge in [-0.3, -0.25) is 9.78 Å². The molecule has 0 saturated carbocycles. The van der Waals surface area contributed by atoms with E-state index in [0.717, 1.165) is 35.4 Å². The van der Waals surface area contributed by atoms with Gasteiger partial charge < -0.3 is 4.90 Å². The predicted molar refractivity (Wildman–Crippen MR) is 126 cm³/mol. The third-order valence-corrected chi connectivity index (χ3v) is 9.19. The Morgan fingerprint density at radius 1 is 1.03 bits per heavy atom. The SMILES string of the molecule is CN(C(=O)Cc1ccc(S(=O)(=O)N2CCCCC2)s1)C(c1ccccc1)c1ccccn1. The molecule has 8 heteroatoms. The second kappa shape index (κ2) is 9.94. The zero-order valence-corrected chi connectivity index (χ0v) is 19.7. The third kappa shape index (κ3) is 4.92. The molecule has 1 aromatic carbocycles. The Morgan fingerprint density at radius 3 is 2.44 bits per heavy atom. The van der Waals surface area contributed by atoms with Gasteiger partial charge in [-0.05, 0) is 42.7 Å². The van der Waals surface area contributed by atoms with Crippen LogP contribution in [0.3, 0.4) is 0 Å². The summed E-state index contributed by atoms with van der Waals surface area (Å²) in [6.07, 6.45) is 4.74. The van der Waals surface area contributed by atoms with E-state index in [-0.39, 0.29) is 18.4 Å². The van der Waals surface area contributed by atoms with Crippen molar-refractivity contribution < 1.29 is 13.2 Å². The van der Waals surface area contributed by atoms with Crippen molar-refractivity contribution in [1.29, 1.82) is 0 Å². The molecule has 0 aliphatic carbocycles. The van der Waals surface area contributed by atoms with Crippen LogP contribution in [0.1, 0.15) is 41.4 Å². The summed E-state index contributed by atoms with van der Waals surface area (Å²) in [5.74, 6) is -0.0896. The van der Waals surface area contributed by atoms with E-state index in [4.69, 9.17) is 0 Å². The maximum atomic E-state index is 13.2. The number of aromatic nitrogens is 1. The number of amides is 1. The van der Waals surface area contributed by atoms with Crippen LogP contribution in [0.15, 0.2) is 71.1 Å². The molecule has 1 aliphatic rings. The van der Waals surface area contributed by atoms with E-state index in [1.165, 1.54) is 11.3 Å². The first-order valence-electron chi connectivity index (χ1n) is 10.8. The number of carbonyl (C=O) groups excluding carboxylic acids is 1. The fourth-order valence-electron chi connectivity index (χ4n) is 4.01. The van der Waals surface area contributed by atoms with Gasteiger partial charge in [0.2, 0.25) is 5.91 Å². The zero-order valence-electron chi connectivity index (χ0n) is 18.1. The summed E-state index contributed by atoms with van der Waals surface area (Å²) in [6.45, 7) is 1.14. The highest BCUT2D eigenvalue weighted by atomic mass is 32.2. The van der Waals surface area contributed by atoms with Gasteiger partial charge in [-0.25, -0.2) is 8.42 Å². The molecule has 3 heterocycles. The molecule has 4 rings (SSSR count). The molecule has 1 amide bonds. The lowest BCUT2D eigenvalue weighted by molar-refractivity contribution is -0.130. The number of benzene rings is 1. The van der Waals surface area contributed by atoms with Crippen LogP contribution in [0.5, 0.6) is 0 Å². The maximum absolute atomic E-state index is 13.2. The summed E-state index contributed by atoms with van der Waals surface area (Å²) in [7, 11) is -1.71. The fourth-order valence-corrected chi connectivity index (χ4v) is 7.03. The summed E-state index contributed by atoms with van der Waals surface area (Å²) in [6, 6.07) is 18.5. The second-order valence-corrected chi connectivity index (χ2v) is 11.3. The summed E-state index contributed by atoms with van der Waals surface area (Å²) in [5.41, 5.74) is 1.76. The van der Waals surface area contributed by atoms with Crippen molar-refractivity contribution in [2.75, 3.05) is 20.1 Å². The Bertz CT molecular complexity index is 1100. The van der Waals surface area contributed by atoms with E-state index < -0.39 is 10.0 Å². The second-order valence-electron chi connectivity index (χ2n) is 7.93. The number of hydrogen-bond acceptors (Lipinski definition) is 5. The maximum Gasteiger partial charge on any atom is 0.252 e. The first-order valence-corrected chi connectivity index (χ1v) is 13.0. The molecule has 1 aliphatic heterocycles. The summed E-state index contributed by atoms with van der Waals surface area (Å²) < 4.78 is 27.7. The Labute approximate surface area is 193 Å². The number of pyridine rings is 1. The van der Waals surface area contributed by atoms with Gasteiger partial charge in [-0.1, -0.05) is 42.8 Å². The molecule has 0 spiro atoms. The highest BCUT2D eigenvalue weighted by Gasteiger charge is 2.29. The largest absolute Gasteiger partial charge is 0.333 e. The minimum atomic E-state index is -3.48. The Morgan fingerprint density at radius 2 is 1.75 bits per heavy atom. The smallest absolute Gasteiger partial charge is 0.252 e. The molecule has 168 valence electrons. The molecule has 0 N–H and O–H groups in total. The molecule has 1 fully saturated rings. The van der Waals surface area contributed by atoms with Crippen molar-refractivity contribution in [2.45, 2.75) is 35.9 Å². The minimum absolute atomic E-state index is 0.0896. The number of likely N-dealkylation sites (N-methyl/N-ethyl adjacent to an activating group) is 1. The van der Waals surface area contributed by atoms with E-state index in [9.17, 15) is 13.2 Å². The first-order chi connectivity index (χ1) is 15.5. The van der Waals surface area contributed by atoms with Crippen molar-refractivity contribution in [3.8, 4) is 0 Å². The lowest BCUT2D eigenvalue weighted by Crippen LogP contribution is -2.35. The van der Waals surface area contributed by atoms with Gasteiger partial charge in [0.15, 0.2) is 0 Å². The van der Waals surface area contributed by atoms with Crippen molar-refractivity contribution in [3.63, 3.8) is 0 Å². The molecular weight excluding hydrogens is 442 g/mol. The van der Waals surface area contributed by atoms with E-state index in [2.05, 4.69) is 4.98 Å². The molecule has 1 unspecified atom stereocenters. The minimum Gasteiger partial charge on any atom is -0.333 e. The number of hydrogen-bond donors (Lipinski definition) is 0. The lowest BCUT2D eigenvalue weighted by Gasteiger charge is -2.28. The van der Waals surface area contributed by atoms with Crippen LogP contribution in [0.2, 0.25) is 0 Å². The van der Waals surface area contributed by atoms with Crippen molar-refractivity contribution in [3.05, 3.63) is 83.0 Å². The standard InChI is InChI=1S/C24H27N3O3S2/c1-26(24(19-10-4-2-5-11-19)21-12-6-7-15-25-21)22(28)18-20-13-14-23(31-20)32(29,30)27-16-8-3-9-17-27/h2,4-7,10-15,24H,3,8-9,16-18H2,1H3. The Hall–Kier alpha value is -2.55. The highest BCUT2D eigenvalue weighted by molar-refractivity contribution is 7.91. The van der Waals surface area contributed by atoms with E-state index in [1.807, 2.05) is 48.5 Å². The van der Waals surface area contributed by atoms with Gasteiger partial charge >= 0.3 is 0 Å². The van der Waals surface area contributed by atoms with Crippen LogP contribution in [0, 0.1) is 0 Å². The number of rotatable bonds is 7. The van der Waals surface area contributed by atoms with Crippen LogP contribution in [0.25, 0.3) is 0 Å². The van der Waals surface area contributed by atoms with Gasteiger partial charge in [-0.15, -0.1) is 11.3 Å². The lowest BCUT2D eigenvalue weighted by atomic mass is 10.0. The van der Waals surface area contributed by atoms with Gasteiger partial charge in [0.25, 0.3) is 10.0 Å². The fraction of sp³-hybridized carbons (Fsp3) is 0.333. The quantitative estimate of drug-likeness (QED) is 0.522. The van der Waals surface area contributed by atoms with E-state index in [0.29, 0.717) is 17.3 Å². The summed E-state index contributed by atoms with van der Waals surface area (Å²) >= 11 is 1.19. The highest BCUT2D eigenvalue weighted by Crippen LogP contribution is 2.30. The van der Waals surface area contributed by atoms with Crippen LogP contribution in [-0.4, -0.2) is 48.7 Å². The van der Waals surface area contributed by atoms with Crippen LogP contribution in [0.4, 0.5) is 0 Å². The number of piperidine rings is 1. The molecule has 0 bridgehead atoms. The average Bonchev–Trinajstić information content (AvgIpc) is 3.30. The topological polar surface area (TPSA) is 70.6 Å². The molecule has 6 nitrogen and oxygen atoms in total. The van der Waals surface area contributed by atoms with Crippen molar-refractivity contribution in [1.82, 2.24) is 14.2 Å². The molecular formula is C24H27N3O3S2.